The smallest absolute Gasteiger partial charge is 0.329 e. The molecule has 0 aromatic carbocycles. The third-order valence-electron chi connectivity index (χ3n) is 2.94. The van der Waals surface area contributed by atoms with Gasteiger partial charge < -0.3 is 5.32 Å². The van der Waals surface area contributed by atoms with E-state index in [-0.39, 0.29) is 22.5 Å². The van der Waals surface area contributed by atoms with Crippen LogP contribution in [-0.4, -0.2) is 32.7 Å². The van der Waals surface area contributed by atoms with Crippen LogP contribution in [0.5, 0.6) is 0 Å². The number of hydrogen-bond acceptors (Lipinski definition) is 5. The number of nitrogens with one attached hydrogen (secondary N) is 2. The van der Waals surface area contributed by atoms with Crippen LogP contribution in [0.25, 0.3) is 11.0 Å². The highest BCUT2D eigenvalue weighted by atomic mass is 32.1. The summed E-state index contributed by atoms with van der Waals surface area (Å²) in [7, 11) is 0. The number of nitrogens with zero attached hydrogens (tertiary/aromatic N) is 2. The first-order valence-electron chi connectivity index (χ1n) is 6.60. The monoisotopic (exact) mass is 308 g/mol. The lowest BCUT2D eigenvalue weighted by Gasteiger charge is -2.08. The standard InChI is InChI=1S/C13H16N4O3S/c1-2-4-17-10-9(12(19)16-13(17)20)6-8(7-15-10)11(18)14-3-5-21/h6-7,21H,2-5H2,1H3,(H,14,18)(H,16,19,20). The first kappa shape index (κ1) is 15.3. The van der Waals surface area contributed by atoms with Crippen molar-refractivity contribution in [1.82, 2.24) is 19.9 Å². The van der Waals surface area contributed by atoms with Gasteiger partial charge in [0.2, 0.25) is 0 Å². The first-order valence-corrected chi connectivity index (χ1v) is 7.23. The minimum atomic E-state index is -0.543. The number of hydrogen-bond donors (Lipinski definition) is 3. The Labute approximate surface area is 125 Å². The molecule has 0 unspecified atom stereocenters. The lowest BCUT2D eigenvalue weighted by atomic mass is 10.2. The zero-order valence-electron chi connectivity index (χ0n) is 11.5. The Morgan fingerprint density at radius 3 is 2.90 bits per heavy atom. The number of aromatic amines is 1. The van der Waals surface area contributed by atoms with Crippen molar-refractivity contribution < 1.29 is 4.79 Å². The van der Waals surface area contributed by atoms with Crippen molar-refractivity contribution in [3.05, 3.63) is 38.7 Å². The summed E-state index contributed by atoms with van der Waals surface area (Å²) in [5, 5.41) is 2.87. The number of aryl methyl sites for hydroxylation is 1. The molecule has 2 heterocycles. The lowest BCUT2D eigenvalue weighted by Crippen LogP contribution is -2.31. The van der Waals surface area contributed by atoms with Crippen molar-refractivity contribution in [2.45, 2.75) is 19.9 Å². The van der Waals surface area contributed by atoms with E-state index in [9.17, 15) is 14.4 Å². The zero-order valence-corrected chi connectivity index (χ0v) is 12.4. The largest absolute Gasteiger partial charge is 0.351 e. The summed E-state index contributed by atoms with van der Waals surface area (Å²) in [6.07, 6.45) is 2.09. The van der Waals surface area contributed by atoms with E-state index in [4.69, 9.17) is 0 Å². The number of carbonyl (C=O) groups is 1. The van der Waals surface area contributed by atoms with Gasteiger partial charge >= 0.3 is 5.69 Å². The maximum atomic E-state index is 11.9. The van der Waals surface area contributed by atoms with Crippen LogP contribution < -0.4 is 16.6 Å². The van der Waals surface area contributed by atoms with Crippen LogP contribution in [-0.2, 0) is 6.54 Å². The normalized spacial score (nSPS) is 10.8. The number of H-pyrrole nitrogens is 1. The number of aromatic nitrogens is 3. The van der Waals surface area contributed by atoms with Gasteiger partial charge in [-0.1, -0.05) is 6.92 Å². The molecule has 0 aliphatic carbocycles. The van der Waals surface area contributed by atoms with E-state index in [1.54, 1.807) is 0 Å². The molecule has 0 saturated heterocycles. The van der Waals surface area contributed by atoms with E-state index in [0.717, 1.165) is 6.42 Å². The van der Waals surface area contributed by atoms with Crippen LogP contribution in [0.1, 0.15) is 23.7 Å². The Hall–Kier alpha value is -2.09. The molecule has 7 nitrogen and oxygen atoms in total. The Morgan fingerprint density at radius 1 is 1.48 bits per heavy atom. The van der Waals surface area contributed by atoms with Gasteiger partial charge in [0.1, 0.15) is 5.65 Å². The molecule has 0 aliphatic rings. The summed E-state index contributed by atoms with van der Waals surface area (Å²) in [5.74, 6) is 0.190. The van der Waals surface area contributed by atoms with Gasteiger partial charge in [-0.3, -0.25) is 19.1 Å². The molecule has 21 heavy (non-hydrogen) atoms. The van der Waals surface area contributed by atoms with Crippen LogP contribution in [0.3, 0.4) is 0 Å². The highest BCUT2D eigenvalue weighted by molar-refractivity contribution is 7.80. The third-order valence-corrected chi connectivity index (χ3v) is 3.16. The van der Waals surface area contributed by atoms with Crippen molar-refractivity contribution in [3.8, 4) is 0 Å². The minimum absolute atomic E-state index is 0.224. The number of fused-ring (bicyclic) bond motifs is 1. The highest BCUT2D eigenvalue weighted by Crippen LogP contribution is 2.08. The molecule has 0 saturated carbocycles. The number of thiol groups is 1. The third kappa shape index (κ3) is 3.15. The molecule has 0 spiro atoms. The second-order valence-corrected chi connectivity index (χ2v) is 4.93. The van der Waals surface area contributed by atoms with E-state index in [2.05, 4.69) is 27.9 Å². The van der Waals surface area contributed by atoms with Crippen molar-refractivity contribution in [2.24, 2.45) is 0 Å². The SMILES string of the molecule is CCCn1c(=O)[nH]c(=O)c2cc(C(=O)NCCS)cnc21. The molecule has 112 valence electrons. The summed E-state index contributed by atoms with van der Waals surface area (Å²) in [6.45, 7) is 2.79. The van der Waals surface area contributed by atoms with E-state index in [1.807, 2.05) is 6.92 Å². The molecule has 0 fully saturated rings. The summed E-state index contributed by atoms with van der Waals surface area (Å²) in [6, 6.07) is 1.45. The predicted octanol–water partition coefficient (Wildman–Crippen LogP) is 0.154. The van der Waals surface area contributed by atoms with E-state index in [1.165, 1.54) is 16.8 Å². The first-order chi connectivity index (χ1) is 10.1. The summed E-state index contributed by atoms with van der Waals surface area (Å²) >= 11 is 4.01. The Morgan fingerprint density at radius 2 is 2.24 bits per heavy atom. The second kappa shape index (κ2) is 6.57. The Kier molecular flexibility index (Phi) is 4.79. The van der Waals surface area contributed by atoms with Crippen molar-refractivity contribution in [2.75, 3.05) is 12.3 Å². The molecule has 1 amide bonds. The topological polar surface area (TPSA) is 96.9 Å². The molecular formula is C13H16N4O3S. The van der Waals surface area contributed by atoms with Gasteiger partial charge in [0.05, 0.1) is 10.9 Å². The molecule has 2 aromatic rings. The van der Waals surface area contributed by atoms with Gasteiger partial charge in [0.25, 0.3) is 11.5 Å². The van der Waals surface area contributed by atoms with Crippen LogP contribution >= 0.6 is 12.6 Å². The Bertz CT molecular complexity index is 781. The second-order valence-electron chi connectivity index (χ2n) is 4.49. The maximum Gasteiger partial charge on any atom is 0.329 e. The molecule has 0 bridgehead atoms. The van der Waals surface area contributed by atoms with Crippen LogP contribution in [0.4, 0.5) is 0 Å². The van der Waals surface area contributed by atoms with Crippen molar-refractivity contribution in [1.29, 1.82) is 0 Å². The quantitative estimate of drug-likeness (QED) is 0.685. The van der Waals surface area contributed by atoms with Gasteiger partial charge in [-0.05, 0) is 12.5 Å². The summed E-state index contributed by atoms with van der Waals surface area (Å²) in [5.41, 5.74) is -0.472. The fourth-order valence-electron chi connectivity index (χ4n) is 1.99. The van der Waals surface area contributed by atoms with Gasteiger partial charge in [0.15, 0.2) is 0 Å². The van der Waals surface area contributed by atoms with Gasteiger partial charge in [-0.25, -0.2) is 9.78 Å². The van der Waals surface area contributed by atoms with E-state index in [0.29, 0.717) is 18.8 Å². The lowest BCUT2D eigenvalue weighted by molar-refractivity contribution is 0.0956. The molecule has 2 aromatic heterocycles. The molecule has 0 radical (unpaired) electrons. The molecule has 2 N–H and O–H groups in total. The van der Waals surface area contributed by atoms with E-state index < -0.39 is 11.2 Å². The molecule has 0 aliphatic heterocycles. The average molecular weight is 308 g/mol. The van der Waals surface area contributed by atoms with Crippen molar-refractivity contribution >= 4 is 29.6 Å². The minimum Gasteiger partial charge on any atom is -0.351 e. The van der Waals surface area contributed by atoms with Crippen LogP contribution in [0, 0.1) is 0 Å². The maximum absolute atomic E-state index is 11.9. The van der Waals surface area contributed by atoms with Gasteiger partial charge in [-0.15, -0.1) is 0 Å². The molecule has 0 atom stereocenters. The molecule has 8 heteroatoms. The molecular weight excluding hydrogens is 292 g/mol. The summed E-state index contributed by atoms with van der Waals surface area (Å²) < 4.78 is 1.39. The van der Waals surface area contributed by atoms with Gasteiger partial charge in [-0.2, -0.15) is 12.6 Å². The Balaban J connectivity index is 2.56. The number of pyridine rings is 1. The average Bonchev–Trinajstić information content (AvgIpc) is 2.48. The van der Waals surface area contributed by atoms with Crippen molar-refractivity contribution in [3.63, 3.8) is 0 Å². The number of amides is 1. The van der Waals surface area contributed by atoms with Gasteiger partial charge in [0, 0.05) is 25.0 Å². The highest BCUT2D eigenvalue weighted by Gasteiger charge is 2.12. The van der Waals surface area contributed by atoms with E-state index >= 15 is 0 Å². The fourth-order valence-corrected chi connectivity index (χ4v) is 2.11. The number of carbonyl (C=O) groups excluding carboxylic acids is 1. The fraction of sp³-hybridized carbons (Fsp3) is 0.385. The van der Waals surface area contributed by atoms with Crippen LogP contribution in [0.15, 0.2) is 21.9 Å². The summed E-state index contributed by atoms with van der Waals surface area (Å²) in [4.78, 5) is 41.9. The molecule has 2 rings (SSSR count). The predicted molar refractivity (Wildman–Crippen MR) is 83.1 cm³/mol. The van der Waals surface area contributed by atoms with Crippen LogP contribution in [0.2, 0.25) is 0 Å². The number of rotatable bonds is 5. The zero-order chi connectivity index (χ0) is 15.4.